The Bertz CT molecular complexity index is 1210. The molecule has 1 aliphatic heterocycles. The number of halogens is 1. The molecule has 156 valence electrons. The van der Waals surface area contributed by atoms with Crippen molar-refractivity contribution in [2.24, 2.45) is 0 Å². The van der Waals surface area contributed by atoms with Crippen LogP contribution in [0.5, 0.6) is 11.5 Å². The number of ether oxygens (including phenoxy) is 1. The number of Topliss-reactive ketones (excluding diaryl/α,β-unsaturated/α-hetero) is 1. The van der Waals surface area contributed by atoms with E-state index in [4.69, 9.17) is 16.3 Å². The molecule has 6 nitrogen and oxygen atoms in total. The topological polar surface area (TPSA) is 87.1 Å². The molecule has 3 aromatic rings. The highest BCUT2D eigenvalue weighted by Crippen LogP contribution is 2.43. The first-order valence-corrected chi connectivity index (χ1v) is 9.79. The predicted molar refractivity (Wildman–Crippen MR) is 117 cm³/mol. The molecule has 1 atom stereocenters. The number of aromatic hydroxyl groups is 1. The van der Waals surface area contributed by atoms with E-state index < -0.39 is 17.7 Å². The number of hydrogen-bond acceptors (Lipinski definition) is 5. The van der Waals surface area contributed by atoms with Crippen LogP contribution in [0, 0.1) is 0 Å². The van der Waals surface area contributed by atoms with Crippen LogP contribution in [0.1, 0.15) is 17.2 Å². The van der Waals surface area contributed by atoms with E-state index in [0.717, 1.165) is 0 Å². The van der Waals surface area contributed by atoms with E-state index in [2.05, 4.69) is 0 Å². The number of para-hydroxylation sites is 1. The lowest BCUT2D eigenvalue weighted by atomic mass is 9.95. The number of anilines is 1. The molecule has 1 saturated heterocycles. The van der Waals surface area contributed by atoms with Gasteiger partial charge in [0.1, 0.15) is 17.3 Å². The summed E-state index contributed by atoms with van der Waals surface area (Å²) in [5.74, 6) is -1.67. The number of methoxy groups -OCH3 is 1. The Kier molecular flexibility index (Phi) is 5.40. The lowest BCUT2D eigenvalue weighted by Gasteiger charge is -2.25. The van der Waals surface area contributed by atoms with Gasteiger partial charge in [0.15, 0.2) is 0 Å². The number of amides is 1. The van der Waals surface area contributed by atoms with Gasteiger partial charge in [-0.15, -0.1) is 0 Å². The van der Waals surface area contributed by atoms with E-state index in [1.54, 1.807) is 42.5 Å². The molecule has 0 radical (unpaired) electrons. The molecule has 3 aromatic carbocycles. The standard InChI is InChI=1S/C24H18ClNO5/c1-31-19-13-15(10-11-18(19)25)22(28)20-21(14-6-5-9-17(27)12-14)26(24(30)23(20)29)16-7-3-2-4-8-16/h2-13,21,27-28H,1H3/b22-20-. The number of ketones is 1. The number of carbonyl (C=O) groups is 2. The molecule has 0 aliphatic carbocycles. The van der Waals surface area contributed by atoms with E-state index in [-0.39, 0.29) is 22.6 Å². The monoisotopic (exact) mass is 435 g/mol. The minimum atomic E-state index is -0.934. The minimum Gasteiger partial charge on any atom is -0.508 e. The van der Waals surface area contributed by atoms with Crippen molar-refractivity contribution in [1.82, 2.24) is 0 Å². The Morgan fingerprint density at radius 1 is 1.00 bits per heavy atom. The predicted octanol–water partition coefficient (Wildman–Crippen LogP) is 4.68. The number of phenolic OH excluding ortho intramolecular Hbond substituents is 1. The number of aliphatic hydroxyl groups is 1. The van der Waals surface area contributed by atoms with Crippen molar-refractivity contribution in [2.75, 3.05) is 12.0 Å². The maximum Gasteiger partial charge on any atom is 0.300 e. The summed E-state index contributed by atoms with van der Waals surface area (Å²) in [5, 5.41) is 21.4. The second-order valence-electron chi connectivity index (χ2n) is 6.95. The molecule has 4 rings (SSSR count). The van der Waals surface area contributed by atoms with E-state index in [1.165, 1.54) is 42.3 Å². The van der Waals surface area contributed by atoms with Gasteiger partial charge in [0, 0.05) is 11.3 Å². The van der Waals surface area contributed by atoms with Crippen LogP contribution < -0.4 is 9.64 Å². The second kappa shape index (κ2) is 8.16. The molecule has 0 spiro atoms. The lowest BCUT2D eigenvalue weighted by Crippen LogP contribution is -2.29. The average Bonchev–Trinajstić information content (AvgIpc) is 3.05. The second-order valence-corrected chi connectivity index (χ2v) is 7.36. The highest BCUT2D eigenvalue weighted by atomic mass is 35.5. The first kappa shape index (κ1) is 20.5. The number of aliphatic hydroxyl groups excluding tert-OH is 1. The van der Waals surface area contributed by atoms with Crippen molar-refractivity contribution in [3.8, 4) is 11.5 Å². The summed E-state index contributed by atoms with van der Waals surface area (Å²) in [6, 6.07) is 18.6. The number of benzene rings is 3. The fourth-order valence-corrected chi connectivity index (χ4v) is 3.85. The van der Waals surface area contributed by atoms with Gasteiger partial charge in [0.05, 0.1) is 23.7 Å². The number of nitrogens with zero attached hydrogens (tertiary/aromatic N) is 1. The fourth-order valence-electron chi connectivity index (χ4n) is 3.66. The zero-order valence-electron chi connectivity index (χ0n) is 16.4. The largest absolute Gasteiger partial charge is 0.508 e. The van der Waals surface area contributed by atoms with Gasteiger partial charge >= 0.3 is 0 Å². The van der Waals surface area contributed by atoms with Crippen molar-refractivity contribution >= 4 is 34.7 Å². The number of rotatable bonds is 4. The van der Waals surface area contributed by atoms with Crippen LogP contribution in [0.15, 0.2) is 78.4 Å². The maximum absolute atomic E-state index is 13.1. The summed E-state index contributed by atoms with van der Waals surface area (Å²) in [7, 11) is 1.44. The Morgan fingerprint density at radius 2 is 1.74 bits per heavy atom. The first-order chi connectivity index (χ1) is 14.9. The van der Waals surface area contributed by atoms with E-state index in [1.807, 2.05) is 0 Å². The van der Waals surface area contributed by atoms with Gasteiger partial charge in [-0.05, 0) is 48.0 Å². The van der Waals surface area contributed by atoms with Crippen LogP contribution >= 0.6 is 11.6 Å². The van der Waals surface area contributed by atoms with Gasteiger partial charge in [-0.2, -0.15) is 0 Å². The van der Waals surface area contributed by atoms with Crippen LogP contribution in [-0.4, -0.2) is 29.0 Å². The third-order valence-corrected chi connectivity index (χ3v) is 5.40. The van der Waals surface area contributed by atoms with Crippen molar-refractivity contribution in [1.29, 1.82) is 0 Å². The third kappa shape index (κ3) is 3.62. The highest BCUT2D eigenvalue weighted by molar-refractivity contribution is 6.51. The van der Waals surface area contributed by atoms with Gasteiger partial charge in [0.25, 0.3) is 11.7 Å². The van der Waals surface area contributed by atoms with Crippen LogP contribution in [-0.2, 0) is 9.59 Å². The van der Waals surface area contributed by atoms with E-state index in [0.29, 0.717) is 22.0 Å². The minimum absolute atomic E-state index is 0.0238. The van der Waals surface area contributed by atoms with Crippen LogP contribution in [0.4, 0.5) is 5.69 Å². The fraction of sp³-hybridized carbons (Fsp3) is 0.0833. The van der Waals surface area contributed by atoms with Crippen molar-refractivity contribution in [2.45, 2.75) is 6.04 Å². The van der Waals surface area contributed by atoms with Crippen molar-refractivity contribution in [3.63, 3.8) is 0 Å². The van der Waals surface area contributed by atoms with E-state index in [9.17, 15) is 19.8 Å². The van der Waals surface area contributed by atoms with Crippen LogP contribution in [0.2, 0.25) is 5.02 Å². The molecular weight excluding hydrogens is 418 g/mol. The summed E-state index contributed by atoms with van der Waals surface area (Å²) in [6.45, 7) is 0. The number of hydrogen-bond donors (Lipinski definition) is 2. The maximum atomic E-state index is 13.1. The molecule has 31 heavy (non-hydrogen) atoms. The first-order valence-electron chi connectivity index (χ1n) is 9.41. The van der Waals surface area contributed by atoms with Gasteiger partial charge in [-0.25, -0.2) is 0 Å². The summed E-state index contributed by atoms with van der Waals surface area (Å²) >= 11 is 6.08. The number of carbonyl (C=O) groups excluding carboxylic acids is 2. The third-order valence-electron chi connectivity index (χ3n) is 5.09. The van der Waals surface area contributed by atoms with Gasteiger partial charge < -0.3 is 14.9 Å². The normalized spacial score (nSPS) is 17.7. The van der Waals surface area contributed by atoms with Crippen molar-refractivity contribution < 1.29 is 24.5 Å². The Hall–Kier alpha value is -3.77. The van der Waals surface area contributed by atoms with Gasteiger partial charge in [0.2, 0.25) is 0 Å². The Morgan fingerprint density at radius 3 is 2.42 bits per heavy atom. The zero-order chi connectivity index (χ0) is 22.1. The molecular formula is C24H18ClNO5. The molecule has 1 amide bonds. The quantitative estimate of drug-likeness (QED) is 0.353. The smallest absolute Gasteiger partial charge is 0.300 e. The lowest BCUT2D eigenvalue weighted by molar-refractivity contribution is -0.132. The Balaban J connectivity index is 1.96. The SMILES string of the molecule is COc1cc(/C(O)=C2/C(=O)C(=O)N(c3ccccc3)C2c2cccc(O)c2)ccc1Cl. The summed E-state index contributed by atoms with van der Waals surface area (Å²) in [5.41, 5.74) is 1.15. The summed E-state index contributed by atoms with van der Waals surface area (Å²) in [4.78, 5) is 27.4. The summed E-state index contributed by atoms with van der Waals surface area (Å²) in [6.07, 6.45) is 0. The van der Waals surface area contributed by atoms with Gasteiger partial charge in [-0.1, -0.05) is 41.9 Å². The number of phenols is 1. The summed E-state index contributed by atoms with van der Waals surface area (Å²) < 4.78 is 5.20. The molecule has 1 aliphatic rings. The zero-order valence-corrected chi connectivity index (χ0v) is 17.2. The molecule has 0 bridgehead atoms. The molecule has 1 fully saturated rings. The van der Waals surface area contributed by atoms with Crippen LogP contribution in [0.3, 0.4) is 0 Å². The van der Waals surface area contributed by atoms with Crippen LogP contribution in [0.25, 0.3) is 5.76 Å². The molecule has 1 unspecified atom stereocenters. The molecule has 2 N–H and O–H groups in total. The molecule has 0 aromatic heterocycles. The highest BCUT2D eigenvalue weighted by Gasteiger charge is 2.47. The molecule has 1 heterocycles. The average molecular weight is 436 g/mol. The molecule has 0 saturated carbocycles. The molecule has 7 heteroatoms. The van der Waals surface area contributed by atoms with Crippen molar-refractivity contribution in [3.05, 3.63) is 94.5 Å². The van der Waals surface area contributed by atoms with Gasteiger partial charge in [-0.3, -0.25) is 14.5 Å². The van der Waals surface area contributed by atoms with E-state index >= 15 is 0 Å². The Labute approximate surface area is 183 Å².